The predicted molar refractivity (Wildman–Crippen MR) is 36.3 cm³/mol. The zero-order valence-electron chi connectivity index (χ0n) is 5.81. The molecule has 1 aliphatic heterocycles. The molecule has 0 saturated carbocycles. The maximum absolute atomic E-state index is 10.8. The second-order valence-corrected chi connectivity index (χ2v) is 2.65. The normalized spacial score (nSPS) is 27.9. The van der Waals surface area contributed by atoms with Crippen LogP contribution in [0.25, 0.3) is 0 Å². The molecule has 0 aromatic heterocycles. The molecule has 1 saturated heterocycles. The summed E-state index contributed by atoms with van der Waals surface area (Å²) in [6.45, 7) is 3.66. The van der Waals surface area contributed by atoms with E-state index >= 15 is 0 Å². The van der Waals surface area contributed by atoms with Crippen molar-refractivity contribution in [1.29, 1.82) is 0 Å². The van der Waals surface area contributed by atoms with Crippen molar-refractivity contribution in [2.75, 3.05) is 13.1 Å². The van der Waals surface area contributed by atoms with Crippen LogP contribution in [0.1, 0.15) is 19.8 Å². The van der Waals surface area contributed by atoms with Crippen LogP contribution in [0.15, 0.2) is 0 Å². The molecular formula is C7H13NO. The molecule has 0 bridgehead atoms. The standard InChI is InChI=1S/C7H13NO/c1-6(9)7-3-2-4-8-5-7/h7-8H,2-5H2,1H3/t7-/m0/s1. The lowest BCUT2D eigenvalue weighted by Gasteiger charge is -2.19. The molecule has 0 spiro atoms. The van der Waals surface area contributed by atoms with E-state index in [0.717, 1.165) is 25.9 Å². The van der Waals surface area contributed by atoms with Crippen LogP contribution < -0.4 is 5.32 Å². The molecule has 52 valence electrons. The molecule has 1 heterocycles. The van der Waals surface area contributed by atoms with Crippen LogP contribution in [-0.4, -0.2) is 18.9 Å². The smallest absolute Gasteiger partial charge is 0.134 e. The van der Waals surface area contributed by atoms with Gasteiger partial charge in [-0.1, -0.05) is 0 Å². The Morgan fingerprint density at radius 1 is 1.67 bits per heavy atom. The van der Waals surface area contributed by atoms with Gasteiger partial charge in [-0.3, -0.25) is 4.79 Å². The first-order valence-electron chi connectivity index (χ1n) is 3.52. The SMILES string of the molecule is CC(=O)[C@H]1CCCNC1. The van der Waals surface area contributed by atoms with E-state index in [1.165, 1.54) is 0 Å². The van der Waals surface area contributed by atoms with Gasteiger partial charge >= 0.3 is 0 Å². The minimum Gasteiger partial charge on any atom is -0.316 e. The van der Waals surface area contributed by atoms with Crippen molar-refractivity contribution < 1.29 is 4.79 Å². The van der Waals surface area contributed by atoms with Crippen molar-refractivity contribution in [2.45, 2.75) is 19.8 Å². The first-order chi connectivity index (χ1) is 4.30. The highest BCUT2D eigenvalue weighted by atomic mass is 16.1. The van der Waals surface area contributed by atoms with Crippen LogP contribution in [0.4, 0.5) is 0 Å². The molecule has 0 unspecified atom stereocenters. The zero-order valence-corrected chi connectivity index (χ0v) is 5.81. The first-order valence-corrected chi connectivity index (χ1v) is 3.52. The summed E-state index contributed by atoms with van der Waals surface area (Å²) in [7, 11) is 0. The molecule has 0 aliphatic carbocycles. The highest BCUT2D eigenvalue weighted by Crippen LogP contribution is 2.09. The molecule has 0 amide bonds. The molecule has 1 N–H and O–H groups in total. The van der Waals surface area contributed by atoms with Gasteiger partial charge in [-0.05, 0) is 26.3 Å². The van der Waals surface area contributed by atoms with Crippen LogP contribution in [0.2, 0.25) is 0 Å². The lowest BCUT2D eigenvalue weighted by Crippen LogP contribution is -2.33. The highest BCUT2D eigenvalue weighted by Gasteiger charge is 2.16. The van der Waals surface area contributed by atoms with E-state index < -0.39 is 0 Å². The van der Waals surface area contributed by atoms with Crippen LogP contribution in [-0.2, 0) is 4.79 Å². The van der Waals surface area contributed by atoms with Gasteiger partial charge in [0.1, 0.15) is 5.78 Å². The van der Waals surface area contributed by atoms with E-state index in [9.17, 15) is 4.79 Å². The largest absolute Gasteiger partial charge is 0.316 e. The monoisotopic (exact) mass is 127 g/mol. The number of ketones is 1. The summed E-state index contributed by atoms with van der Waals surface area (Å²) in [6.07, 6.45) is 2.24. The Morgan fingerprint density at radius 2 is 2.44 bits per heavy atom. The average molecular weight is 127 g/mol. The van der Waals surface area contributed by atoms with Crippen molar-refractivity contribution in [3.05, 3.63) is 0 Å². The fourth-order valence-electron chi connectivity index (χ4n) is 1.20. The fourth-order valence-corrected chi connectivity index (χ4v) is 1.20. The third kappa shape index (κ3) is 1.79. The lowest BCUT2D eigenvalue weighted by atomic mass is 9.96. The van der Waals surface area contributed by atoms with Gasteiger partial charge in [0.2, 0.25) is 0 Å². The molecule has 1 aliphatic rings. The van der Waals surface area contributed by atoms with Gasteiger partial charge in [-0.15, -0.1) is 0 Å². The van der Waals surface area contributed by atoms with Gasteiger partial charge in [0.15, 0.2) is 0 Å². The lowest BCUT2D eigenvalue weighted by molar-refractivity contribution is -0.121. The number of Topliss-reactive ketones (excluding diaryl/α,β-unsaturated/α-hetero) is 1. The fraction of sp³-hybridized carbons (Fsp3) is 0.857. The van der Waals surface area contributed by atoms with E-state index in [-0.39, 0.29) is 0 Å². The molecule has 2 heteroatoms. The number of hydrogen-bond acceptors (Lipinski definition) is 2. The summed E-state index contributed by atoms with van der Waals surface area (Å²) in [4.78, 5) is 10.8. The Balaban J connectivity index is 2.31. The van der Waals surface area contributed by atoms with Crippen molar-refractivity contribution in [3.8, 4) is 0 Å². The third-order valence-electron chi connectivity index (χ3n) is 1.87. The van der Waals surface area contributed by atoms with Crippen LogP contribution in [0.5, 0.6) is 0 Å². The van der Waals surface area contributed by atoms with Crippen molar-refractivity contribution in [1.82, 2.24) is 5.32 Å². The van der Waals surface area contributed by atoms with Gasteiger partial charge in [-0.2, -0.15) is 0 Å². The van der Waals surface area contributed by atoms with Crippen molar-refractivity contribution in [3.63, 3.8) is 0 Å². The number of carbonyl (C=O) groups excluding carboxylic acids is 1. The third-order valence-corrected chi connectivity index (χ3v) is 1.87. The van der Waals surface area contributed by atoms with E-state index in [1.807, 2.05) is 0 Å². The van der Waals surface area contributed by atoms with E-state index in [1.54, 1.807) is 6.92 Å². The Hall–Kier alpha value is -0.370. The Labute approximate surface area is 55.6 Å². The molecule has 1 atom stereocenters. The van der Waals surface area contributed by atoms with Gasteiger partial charge in [-0.25, -0.2) is 0 Å². The number of nitrogens with one attached hydrogen (secondary N) is 1. The highest BCUT2D eigenvalue weighted by molar-refractivity contribution is 5.78. The number of piperidine rings is 1. The first kappa shape index (κ1) is 6.75. The predicted octanol–water partition coefficient (Wildman–Crippen LogP) is 0.575. The maximum atomic E-state index is 10.8. The topological polar surface area (TPSA) is 29.1 Å². The summed E-state index contributed by atoms with van der Waals surface area (Å²) in [5.74, 6) is 0.640. The second kappa shape index (κ2) is 2.97. The van der Waals surface area contributed by atoms with Gasteiger partial charge < -0.3 is 5.32 Å². The molecule has 1 rings (SSSR count). The second-order valence-electron chi connectivity index (χ2n) is 2.65. The Morgan fingerprint density at radius 3 is 2.78 bits per heavy atom. The summed E-state index contributed by atoms with van der Waals surface area (Å²) < 4.78 is 0. The molecule has 0 aromatic carbocycles. The van der Waals surface area contributed by atoms with Crippen LogP contribution in [0, 0.1) is 5.92 Å². The minimum atomic E-state index is 0.304. The summed E-state index contributed by atoms with van der Waals surface area (Å²) >= 11 is 0. The van der Waals surface area contributed by atoms with E-state index in [0.29, 0.717) is 11.7 Å². The quantitative estimate of drug-likeness (QED) is 0.558. The van der Waals surface area contributed by atoms with Crippen molar-refractivity contribution in [2.24, 2.45) is 5.92 Å². The van der Waals surface area contributed by atoms with Crippen LogP contribution >= 0.6 is 0 Å². The summed E-state index contributed by atoms with van der Waals surface area (Å²) in [6, 6.07) is 0. The Kier molecular flexibility index (Phi) is 2.22. The number of rotatable bonds is 1. The van der Waals surface area contributed by atoms with Gasteiger partial charge in [0.05, 0.1) is 0 Å². The molecule has 0 radical (unpaired) electrons. The Bertz CT molecular complexity index is 105. The minimum absolute atomic E-state index is 0.304. The van der Waals surface area contributed by atoms with Gasteiger partial charge in [0.25, 0.3) is 0 Å². The zero-order chi connectivity index (χ0) is 6.69. The molecule has 0 aromatic rings. The van der Waals surface area contributed by atoms with Crippen molar-refractivity contribution >= 4 is 5.78 Å². The average Bonchev–Trinajstić information content (AvgIpc) is 1.90. The molecule has 1 fully saturated rings. The van der Waals surface area contributed by atoms with E-state index in [2.05, 4.69) is 5.32 Å². The van der Waals surface area contributed by atoms with Crippen LogP contribution in [0.3, 0.4) is 0 Å². The molecule has 2 nitrogen and oxygen atoms in total. The molecule has 9 heavy (non-hydrogen) atoms. The van der Waals surface area contributed by atoms with Gasteiger partial charge in [0, 0.05) is 12.5 Å². The summed E-state index contributed by atoms with van der Waals surface area (Å²) in [5, 5.41) is 3.20. The summed E-state index contributed by atoms with van der Waals surface area (Å²) in [5.41, 5.74) is 0. The maximum Gasteiger partial charge on any atom is 0.134 e. The van der Waals surface area contributed by atoms with E-state index in [4.69, 9.17) is 0 Å². The number of hydrogen-bond donors (Lipinski definition) is 1. The molecular weight excluding hydrogens is 114 g/mol. The number of carbonyl (C=O) groups is 1.